The van der Waals surface area contributed by atoms with Crippen LogP contribution >= 0.6 is 0 Å². The molecule has 106 valence electrons. The van der Waals surface area contributed by atoms with Crippen molar-refractivity contribution in [2.45, 2.75) is 39.5 Å². The summed E-state index contributed by atoms with van der Waals surface area (Å²) in [6, 6.07) is 7.76. The Morgan fingerprint density at radius 2 is 1.89 bits per heavy atom. The van der Waals surface area contributed by atoms with Crippen LogP contribution in [0.3, 0.4) is 0 Å². The normalized spacial score (nSPS) is 10.3. The lowest BCUT2D eigenvalue weighted by Crippen LogP contribution is -2.28. The topological polar surface area (TPSA) is 32.3 Å². The summed E-state index contributed by atoms with van der Waals surface area (Å²) in [5.74, 6) is 0.107. The number of hydrogen-bond acceptors (Lipinski definition) is 2. The molecule has 1 aromatic rings. The largest absolute Gasteiger partial charge is 0.384 e. The second-order valence-corrected chi connectivity index (χ2v) is 4.91. The van der Waals surface area contributed by atoms with E-state index in [0.29, 0.717) is 0 Å². The highest BCUT2D eigenvalue weighted by atomic mass is 16.2. The first kappa shape index (κ1) is 15.5. The van der Waals surface area contributed by atoms with Crippen LogP contribution in [-0.2, 0) is 0 Å². The molecule has 0 saturated heterocycles. The summed E-state index contributed by atoms with van der Waals surface area (Å²) < 4.78 is 0. The Morgan fingerprint density at radius 1 is 1.16 bits per heavy atom. The third-order valence-corrected chi connectivity index (χ3v) is 3.17. The first-order valence-corrected chi connectivity index (χ1v) is 7.29. The highest BCUT2D eigenvalue weighted by Gasteiger charge is 2.14. The smallest absolute Gasteiger partial charge is 0.255 e. The average Bonchev–Trinajstić information content (AvgIpc) is 2.44. The standard InChI is InChI=1S/C16H26N2O/c1-4-6-9-13-18(3)16(19)14-10-7-8-11-15(14)17-12-5-2/h7-8,10-11,17H,4-6,9,12-13H2,1-3H3. The molecular weight excluding hydrogens is 236 g/mol. The van der Waals surface area contributed by atoms with Crippen molar-refractivity contribution < 1.29 is 4.79 Å². The minimum atomic E-state index is 0.107. The van der Waals surface area contributed by atoms with Gasteiger partial charge < -0.3 is 10.2 Å². The second-order valence-electron chi connectivity index (χ2n) is 4.91. The molecule has 0 unspecified atom stereocenters. The van der Waals surface area contributed by atoms with Crippen LogP contribution in [0, 0.1) is 0 Å². The van der Waals surface area contributed by atoms with Crippen LogP contribution in [0.2, 0.25) is 0 Å². The summed E-state index contributed by atoms with van der Waals surface area (Å²) in [6.07, 6.45) is 4.47. The van der Waals surface area contributed by atoms with Gasteiger partial charge in [-0.3, -0.25) is 4.79 Å². The maximum Gasteiger partial charge on any atom is 0.255 e. The first-order valence-electron chi connectivity index (χ1n) is 7.29. The number of para-hydroxylation sites is 1. The van der Waals surface area contributed by atoms with Crippen LogP contribution in [0.15, 0.2) is 24.3 Å². The molecule has 3 heteroatoms. The maximum atomic E-state index is 12.4. The lowest BCUT2D eigenvalue weighted by Gasteiger charge is -2.19. The predicted molar refractivity (Wildman–Crippen MR) is 81.7 cm³/mol. The number of benzene rings is 1. The van der Waals surface area contributed by atoms with E-state index >= 15 is 0 Å². The Hall–Kier alpha value is -1.51. The molecule has 0 aromatic heterocycles. The second kappa shape index (κ2) is 8.57. The lowest BCUT2D eigenvalue weighted by molar-refractivity contribution is 0.0793. The van der Waals surface area contributed by atoms with Gasteiger partial charge in [0.2, 0.25) is 0 Å². The van der Waals surface area contributed by atoms with E-state index in [1.54, 1.807) is 0 Å². The van der Waals surface area contributed by atoms with Crippen LogP contribution in [0.25, 0.3) is 0 Å². The van der Waals surface area contributed by atoms with E-state index in [9.17, 15) is 4.79 Å². The number of nitrogens with one attached hydrogen (secondary N) is 1. The zero-order chi connectivity index (χ0) is 14.1. The van der Waals surface area contributed by atoms with E-state index in [-0.39, 0.29) is 5.91 Å². The predicted octanol–water partition coefficient (Wildman–Crippen LogP) is 3.77. The van der Waals surface area contributed by atoms with Gasteiger partial charge in [0.25, 0.3) is 5.91 Å². The van der Waals surface area contributed by atoms with Gasteiger partial charge in [-0.2, -0.15) is 0 Å². The Balaban J connectivity index is 2.69. The molecule has 19 heavy (non-hydrogen) atoms. The van der Waals surface area contributed by atoms with Gasteiger partial charge in [0.05, 0.1) is 5.56 Å². The van der Waals surface area contributed by atoms with Gasteiger partial charge in [0.1, 0.15) is 0 Å². The molecule has 0 aliphatic carbocycles. The maximum absolute atomic E-state index is 12.4. The van der Waals surface area contributed by atoms with Crippen molar-refractivity contribution in [3.63, 3.8) is 0 Å². The Bertz CT molecular complexity index is 390. The van der Waals surface area contributed by atoms with E-state index in [0.717, 1.165) is 37.2 Å². The number of unbranched alkanes of at least 4 members (excludes halogenated alkanes) is 2. The molecule has 0 bridgehead atoms. The van der Waals surface area contributed by atoms with Gasteiger partial charge in [0.15, 0.2) is 0 Å². The van der Waals surface area contributed by atoms with Gasteiger partial charge in [-0.15, -0.1) is 0 Å². The molecule has 3 nitrogen and oxygen atoms in total. The fourth-order valence-corrected chi connectivity index (χ4v) is 1.99. The van der Waals surface area contributed by atoms with Crippen molar-refractivity contribution in [2.75, 3.05) is 25.5 Å². The quantitative estimate of drug-likeness (QED) is 0.723. The van der Waals surface area contributed by atoms with Crippen molar-refractivity contribution in [3.05, 3.63) is 29.8 Å². The molecule has 0 fully saturated rings. The van der Waals surface area contributed by atoms with E-state index in [1.165, 1.54) is 12.8 Å². The number of rotatable bonds is 8. The van der Waals surface area contributed by atoms with E-state index in [4.69, 9.17) is 0 Å². The summed E-state index contributed by atoms with van der Waals surface area (Å²) in [7, 11) is 1.88. The van der Waals surface area contributed by atoms with Crippen LogP contribution in [0.4, 0.5) is 5.69 Å². The van der Waals surface area contributed by atoms with Gasteiger partial charge in [-0.05, 0) is 25.0 Å². The fraction of sp³-hybridized carbons (Fsp3) is 0.562. The number of hydrogen-bond donors (Lipinski definition) is 1. The van der Waals surface area contributed by atoms with Gasteiger partial charge in [-0.25, -0.2) is 0 Å². The highest BCUT2D eigenvalue weighted by Crippen LogP contribution is 2.17. The van der Waals surface area contributed by atoms with Crippen molar-refractivity contribution in [1.29, 1.82) is 0 Å². The number of nitrogens with zero attached hydrogens (tertiary/aromatic N) is 1. The van der Waals surface area contributed by atoms with Crippen molar-refractivity contribution in [2.24, 2.45) is 0 Å². The Morgan fingerprint density at radius 3 is 2.58 bits per heavy atom. The minimum Gasteiger partial charge on any atom is -0.384 e. The molecule has 0 aliphatic heterocycles. The summed E-state index contributed by atoms with van der Waals surface area (Å²) in [4.78, 5) is 14.2. The summed E-state index contributed by atoms with van der Waals surface area (Å²) in [6.45, 7) is 6.01. The fourth-order valence-electron chi connectivity index (χ4n) is 1.99. The summed E-state index contributed by atoms with van der Waals surface area (Å²) >= 11 is 0. The van der Waals surface area contributed by atoms with Gasteiger partial charge >= 0.3 is 0 Å². The molecule has 0 saturated carbocycles. The van der Waals surface area contributed by atoms with E-state index < -0.39 is 0 Å². The third kappa shape index (κ3) is 4.93. The molecule has 0 aliphatic rings. The van der Waals surface area contributed by atoms with Crippen LogP contribution in [0.1, 0.15) is 49.9 Å². The molecule has 0 heterocycles. The van der Waals surface area contributed by atoms with Gasteiger partial charge in [0, 0.05) is 25.8 Å². The van der Waals surface area contributed by atoms with Crippen LogP contribution in [-0.4, -0.2) is 30.9 Å². The third-order valence-electron chi connectivity index (χ3n) is 3.17. The number of anilines is 1. The molecule has 0 spiro atoms. The molecular formula is C16H26N2O. The van der Waals surface area contributed by atoms with Gasteiger partial charge in [-0.1, -0.05) is 38.8 Å². The molecule has 1 aromatic carbocycles. The number of carbonyl (C=O) groups excluding carboxylic acids is 1. The van der Waals surface area contributed by atoms with Crippen molar-refractivity contribution >= 4 is 11.6 Å². The van der Waals surface area contributed by atoms with Crippen LogP contribution < -0.4 is 5.32 Å². The SMILES string of the molecule is CCCCCN(C)C(=O)c1ccccc1NCCC. The molecule has 1 amide bonds. The molecule has 0 radical (unpaired) electrons. The summed E-state index contributed by atoms with van der Waals surface area (Å²) in [5.41, 5.74) is 1.71. The Kier molecular flexibility index (Phi) is 7.01. The van der Waals surface area contributed by atoms with E-state index in [1.807, 2.05) is 36.2 Å². The first-order chi connectivity index (χ1) is 9.20. The zero-order valence-electron chi connectivity index (χ0n) is 12.4. The van der Waals surface area contributed by atoms with Crippen molar-refractivity contribution in [1.82, 2.24) is 4.90 Å². The van der Waals surface area contributed by atoms with E-state index in [2.05, 4.69) is 19.2 Å². The van der Waals surface area contributed by atoms with Crippen molar-refractivity contribution in [3.8, 4) is 0 Å². The zero-order valence-corrected chi connectivity index (χ0v) is 12.4. The number of carbonyl (C=O) groups is 1. The average molecular weight is 262 g/mol. The lowest BCUT2D eigenvalue weighted by atomic mass is 10.1. The monoisotopic (exact) mass is 262 g/mol. The summed E-state index contributed by atoms with van der Waals surface area (Å²) in [5, 5.41) is 3.32. The molecule has 1 N–H and O–H groups in total. The Labute approximate surface area is 117 Å². The highest BCUT2D eigenvalue weighted by molar-refractivity contribution is 5.99. The number of amides is 1. The minimum absolute atomic E-state index is 0.107. The van der Waals surface area contributed by atoms with Crippen LogP contribution in [0.5, 0.6) is 0 Å². The molecule has 1 rings (SSSR count). The molecule has 0 atom stereocenters.